The van der Waals surface area contributed by atoms with Crippen LogP contribution in [0.1, 0.15) is 11.1 Å². The van der Waals surface area contributed by atoms with E-state index in [0.29, 0.717) is 6.61 Å². The third kappa shape index (κ3) is 2.20. The zero-order chi connectivity index (χ0) is 11.7. The van der Waals surface area contributed by atoms with Crippen molar-refractivity contribution in [3.05, 3.63) is 27.7 Å². The molecule has 0 bridgehead atoms. The number of aliphatic hydroxyl groups is 1. The minimum Gasteiger partial charge on any atom is -0.493 e. The molecule has 0 radical (unpaired) electrons. The number of aliphatic carboxylic acids is 1. The number of hydrogen-bond acceptors (Lipinski definition) is 3. The second kappa shape index (κ2) is 4.43. The molecule has 4 nitrogen and oxygen atoms in total. The smallest absolute Gasteiger partial charge is 0.332 e. The number of ether oxygens (including phenoxy) is 1. The largest absolute Gasteiger partial charge is 0.493 e. The Morgan fingerprint density at radius 1 is 1.56 bits per heavy atom. The van der Waals surface area contributed by atoms with Crippen molar-refractivity contribution in [2.45, 2.75) is 18.9 Å². The fourth-order valence-corrected chi connectivity index (χ4v) is 2.35. The molecule has 1 unspecified atom stereocenters. The molecule has 86 valence electrons. The van der Waals surface area contributed by atoms with E-state index in [9.17, 15) is 9.90 Å². The van der Waals surface area contributed by atoms with Crippen molar-refractivity contribution in [3.63, 3.8) is 0 Å². The van der Waals surface area contributed by atoms with Crippen LogP contribution < -0.4 is 4.74 Å². The summed E-state index contributed by atoms with van der Waals surface area (Å²) in [5, 5.41) is 18.0. The van der Waals surface area contributed by atoms with Crippen LogP contribution in [0.5, 0.6) is 5.75 Å². The van der Waals surface area contributed by atoms with Crippen LogP contribution in [0.3, 0.4) is 0 Å². The maximum Gasteiger partial charge on any atom is 0.332 e. The van der Waals surface area contributed by atoms with Crippen molar-refractivity contribution in [1.29, 1.82) is 0 Å². The van der Waals surface area contributed by atoms with Gasteiger partial charge in [0.15, 0.2) is 6.10 Å². The Bertz CT molecular complexity index is 430. The molecule has 1 heterocycles. The molecule has 2 rings (SSSR count). The van der Waals surface area contributed by atoms with Gasteiger partial charge in [0.25, 0.3) is 0 Å². The van der Waals surface area contributed by atoms with Crippen molar-refractivity contribution in [2.24, 2.45) is 0 Å². The fraction of sp³-hybridized carbons (Fsp3) is 0.364. The Morgan fingerprint density at radius 3 is 3.00 bits per heavy atom. The molecule has 0 aliphatic carbocycles. The average molecular weight is 287 g/mol. The maximum absolute atomic E-state index is 10.6. The summed E-state index contributed by atoms with van der Waals surface area (Å²) in [6, 6.07) is 3.75. The minimum atomic E-state index is -1.39. The number of carbonyl (C=O) groups is 1. The number of aliphatic hydroxyl groups excluding tert-OH is 1. The summed E-state index contributed by atoms with van der Waals surface area (Å²) in [5.74, 6) is -0.491. The minimum absolute atomic E-state index is 0.0666. The SMILES string of the molecule is O=C(O)C(O)Cc1cc(Br)cc2c1OCC2. The van der Waals surface area contributed by atoms with Gasteiger partial charge in [0, 0.05) is 17.3 Å². The highest BCUT2D eigenvalue weighted by molar-refractivity contribution is 9.10. The number of hydrogen-bond donors (Lipinski definition) is 2. The van der Waals surface area contributed by atoms with Gasteiger partial charge >= 0.3 is 5.97 Å². The summed E-state index contributed by atoms with van der Waals surface area (Å²) < 4.78 is 6.32. The Balaban J connectivity index is 2.30. The van der Waals surface area contributed by atoms with Crippen LogP contribution in [-0.4, -0.2) is 28.9 Å². The lowest BCUT2D eigenvalue weighted by atomic mass is 10.0. The lowest BCUT2D eigenvalue weighted by molar-refractivity contribution is -0.146. The summed E-state index contributed by atoms with van der Waals surface area (Å²) in [7, 11) is 0. The second-order valence-corrected chi connectivity index (χ2v) is 4.63. The van der Waals surface area contributed by atoms with Crippen LogP contribution in [0.4, 0.5) is 0 Å². The molecule has 1 aliphatic heterocycles. The summed E-state index contributed by atoms with van der Waals surface area (Å²) >= 11 is 3.36. The highest BCUT2D eigenvalue weighted by Gasteiger charge is 2.21. The molecule has 1 aliphatic rings. The first kappa shape index (κ1) is 11.4. The van der Waals surface area contributed by atoms with Crippen molar-refractivity contribution >= 4 is 21.9 Å². The first-order valence-electron chi connectivity index (χ1n) is 4.93. The van der Waals surface area contributed by atoms with E-state index in [1.54, 1.807) is 6.07 Å². The molecule has 0 fully saturated rings. The summed E-state index contributed by atoms with van der Waals surface area (Å²) in [6.07, 6.45) is -0.496. The van der Waals surface area contributed by atoms with Gasteiger partial charge in [-0.2, -0.15) is 0 Å². The Kier molecular flexibility index (Phi) is 3.16. The molecule has 16 heavy (non-hydrogen) atoms. The van der Waals surface area contributed by atoms with Gasteiger partial charge in [-0.15, -0.1) is 0 Å². The summed E-state index contributed by atoms with van der Waals surface area (Å²) in [5.41, 5.74) is 1.79. The molecule has 1 aromatic rings. The van der Waals surface area contributed by atoms with Crippen LogP contribution in [-0.2, 0) is 17.6 Å². The van der Waals surface area contributed by atoms with Gasteiger partial charge in [0.05, 0.1) is 6.61 Å². The zero-order valence-corrected chi connectivity index (χ0v) is 10.0. The molecule has 0 amide bonds. The van der Waals surface area contributed by atoms with E-state index >= 15 is 0 Å². The zero-order valence-electron chi connectivity index (χ0n) is 8.44. The predicted octanol–water partition coefficient (Wildman–Crippen LogP) is 1.37. The Hall–Kier alpha value is -1.07. The number of benzene rings is 1. The Labute approximate surface area is 101 Å². The van der Waals surface area contributed by atoms with Crippen LogP contribution >= 0.6 is 15.9 Å². The van der Waals surface area contributed by atoms with Crippen LogP contribution in [0, 0.1) is 0 Å². The van der Waals surface area contributed by atoms with Crippen molar-refractivity contribution < 1.29 is 19.7 Å². The number of carboxylic acid groups (broad SMARTS) is 1. The van der Waals surface area contributed by atoms with E-state index in [1.165, 1.54) is 0 Å². The van der Waals surface area contributed by atoms with E-state index in [4.69, 9.17) is 9.84 Å². The molecule has 1 atom stereocenters. The fourth-order valence-electron chi connectivity index (χ4n) is 1.79. The predicted molar refractivity (Wildman–Crippen MR) is 60.7 cm³/mol. The topological polar surface area (TPSA) is 66.8 Å². The normalized spacial score (nSPS) is 15.4. The quantitative estimate of drug-likeness (QED) is 0.881. The van der Waals surface area contributed by atoms with E-state index < -0.39 is 12.1 Å². The molecule has 2 N–H and O–H groups in total. The molecule has 0 saturated carbocycles. The average Bonchev–Trinajstić information content (AvgIpc) is 2.65. The van der Waals surface area contributed by atoms with Crippen molar-refractivity contribution in [3.8, 4) is 5.75 Å². The molecular weight excluding hydrogens is 276 g/mol. The standard InChI is InChI=1S/C11H11BrO4/c12-8-3-6-1-2-16-10(6)7(4-8)5-9(13)11(14)15/h3-4,9,13H,1-2,5H2,(H,14,15). The molecule has 5 heteroatoms. The number of fused-ring (bicyclic) bond motifs is 1. The van der Waals surface area contributed by atoms with Gasteiger partial charge in [0.1, 0.15) is 5.75 Å². The number of rotatable bonds is 3. The first-order chi connectivity index (χ1) is 7.58. The van der Waals surface area contributed by atoms with Gasteiger partial charge < -0.3 is 14.9 Å². The summed E-state index contributed by atoms with van der Waals surface area (Å²) in [4.78, 5) is 10.6. The lowest BCUT2D eigenvalue weighted by Gasteiger charge is -2.10. The molecule has 1 aromatic carbocycles. The van der Waals surface area contributed by atoms with Crippen molar-refractivity contribution in [2.75, 3.05) is 6.61 Å². The highest BCUT2D eigenvalue weighted by atomic mass is 79.9. The van der Waals surface area contributed by atoms with E-state index in [0.717, 1.165) is 27.8 Å². The monoisotopic (exact) mass is 286 g/mol. The van der Waals surface area contributed by atoms with Crippen LogP contribution in [0.2, 0.25) is 0 Å². The molecule has 0 saturated heterocycles. The third-order valence-electron chi connectivity index (χ3n) is 2.52. The van der Waals surface area contributed by atoms with Gasteiger partial charge in [-0.25, -0.2) is 4.79 Å². The van der Waals surface area contributed by atoms with E-state index in [1.807, 2.05) is 6.07 Å². The Morgan fingerprint density at radius 2 is 2.31 bits per heavy atom. The van der Waals surface area contributed by atoms with Crippen molar-refractivity contribution in [1.82, 2.24) is 0 Å². The number of halogens is 1. The highest BCUT2D eigenvalue weighted by Crippen LogP contribution is 2.33. The van der Waals surface area contributed by atoms with Crippen LogP contribution in [0.25, 0.3) is 0 Å². The number of carboxylic acids is 1. The van der Waals surface area contributed by atoms with E-state index in [2.05, 4.69) is 15.9 Å². The third-order valence-corrected chi connectivity index (χ3v) is 2.98. The molecular formula is C11H11BrO4. The lowest BCUT2D eigenvalue weighted by Crippen LogP contribution is -2.22. The van der Waals surface area contributed by atoms with Gasteiger partial charge in [-0.05, 0) is 23.3 Å². The second-order valence-electron chi connectivity index (χ2n) is 3.71. The maximum atomic E-state index is 10.6. The van der Waals surface area contributed by atoms with E-state index in [-0.39, 0.29) is 6.42 Å². The van der Waals surface area contributed by atoms with Gasteiger partial charge in [-0.1, -0.05) is 15.9 Å². The molecule has 0 aromatic heterocycles. The van der Waals surface area contributed by atoms with Gasteiger partial charge in [0.2, 0.25) is 0 Å². The summed E-state index contributed by atoms with van der Waals surface area (Å²) in [6.45, 7) is 0.613. The first-order valence-corrected chi connectivity index (χ1v) is 5.72. The molecule has 0 spiro atoms. The van der Waals surface area contributed by atoms with Crippen LogP contribution in [0.15, 0.2) is 16.6 Å². The van der Waals surface area contributed by atoms with Gasteiger partial charge in [-0.3, -0.25) is 0 Å².